The van der Waals surface area contributed by atoms with Crippen LogP contribution in [0.1, 0.15) is 39.4 Å². The summed E-state index contributed by atoms with van der Waals surface area (Å²) in [5.41, 5.74) is 1.52. The van der Waals surface area contributed by atoms with Gasteiger partial charge in [0.25, 0.3) is 5.91 Å². The van der Waals surface area contributed by atoms with E-state index in [1.165, 1.54) is 42.8 Å². The van der Waals surface area contributed by atoms with Crippen LogP contribution in [0, 0.1) is 5.82 Å². The molecule has 1 N–H and O–H groups in total. The van der Waals surface area contributed by atoms with Gasteiger partial charge in [-0.05, 0) is 37.3 Å². The molecule has 6 heteroatoms. The highest BCUT2D eigenvalue weighted by Crippen LogP contribution is 2.24. The van der Waals surface area contributed by atoms with Crippen LogP contribution in [0.5, 0.6) is 0 Å². The second-order valence-electron chi connectivity index (χ2n) is 5.68. The molecule has 126 valence electrons. The van der Waals surface area contributed by atoms with Gasteiger partial charge in [0.05, 0.1) is 11.1 Å². The molecule has 5 nitrogen and oxygen atoms in total. The van der Waals surface area contributed by atoms with Crippen molar-refractivity contribution in [3.8, 4) is 0 Å². The Morgan fingerprint density at radius 3 is 2.48 bits per heavy atom. The van der Waals surface area contributed by atoms with Gasteiger partial charge in [-0.3, -0.25) is 19.0 Å². The van der Waals surface area contributed by atoms with Gasteiger partial charge in [0.15, 0.2) is 5.78 Å². The van der Waals surface area contributed by atoms with E-state index in [4.69, 9.17) is 0 Å². The highest BCUT2D eigenvalue weighted by Gasteiger charge is 2.17. The first-order valence-corrected chi connectivity index (χ1v) is 7.60. The van der Waals surface area contributed by atoms with Crippen molar-refractivity contribution in [1.82, 2.24) is 4.57 Å². The lowest BCUT2D eigenvalue weighted by Gasteiger charge is -2.05. The van der Waals surface area contributed by atoms with Crippen molar-refractivity contribution in [3.05, 3.63) is 65.6 Å². The Kier molecular flexibility index (Phi) is 4.19. The molecule has 0 atom stereocenters. The number of halogens is 1. The largest absolute Gasteiger partial charge is 0.322 e. The van der Waals surface area contributed by atoms with E-state index in [9.17, 15) is 18.8 Å². The van der Waals surface area contributed by atoms with Crippen molar-refractivity contribution in [2.75, 3.05) is 5.32 Å². The number of benzene rings is 2. The van der Waals surface area contributed by atoms with Crippen LogP contribution in [0.25, 0.3) is 10.9 Å². The molecule has 0 radical (unpaired) electrons. The molecule has 25 heavy (non-hydrogen) atoms. The molecule has 0 saturated heterocycles. The Labute approximate surface area is 143 Å². The summed E-state index contributed by atoms with van der Waals surface area (Å²) < 4.78 is 14.7. The van der Waals surface area contributed by atoms with Gasteiger partial charge in [-0.1, -0.05) is 12.1 Å². The lowest BCUT2D eigenvalue weighted by molar-refractivity contribution is 0.0940. The summed E-state index contributed by atoms with van der Waals surface area (Å²) in [6, 6.07) is 10.5. The summed E-state index contributed by atoms with van der Waals surface area (Å²) >= 11 is 0. The van der Waals surface area contributed by atoms with Gasteiger partial charge < -0.3 is 5.32 Å². The number of amides is 1. The Balaban J connectivity index is 2.02. The molecule has 1 amide bonds. The van der Waals surface area contributed by atoms with E-state index in [0.29, 0.717) is 22.2 Å². The third-order valence-electron chi connectivity index (χ3n) is 3.88. The number of Topliss-reactive ketones (excluding diaryl/α,β-unsaturated/α-hetero) is 1. The molecule has 0 aliphatic rings. The van der Waals surface area contributed by atoms with Crippen molar-refractivity contribution in [2.45, 2.75) is 13.8 Å². The van der Waals surface area contributed by atoms with Crippen LogP contribution in [0.4, 0.5) is 10.1 Å². The quantitative estimate of drug-likeness (QED) is 0.737. The standard InChI is InChI=1S/C19H15FN2O3/c1-11(23)13-4-3-5-15(8-13)21-19(25)17-10-22(12(2)24)18-9-14(20)6-7-16(17)18/h3-10H,1-2H3,(H,21,25). The summed E-state index contributed by atoms with van der Waals surface area (Å²) in [7, 11) is 0. The first kappa shape index (κ1) is 16.6. The third-order valence-corrected chi connectivity index (χ3v) is 3.88. The van der Waals surface area contributed by atoms with Crippen LogP contribution in [0.2, 0.25) is 0 Å². The molecule has 0 unspecified atom stereocenters. The van der Waals surface area contributed by atoms with E-state index >= 15 is 0 Å². The monoisotopic (exact) mass is 338 g/mol. The number of carbonyl (C=O) groups is 3. The van der Waals surface area contributed by atoms with Crippen LogP contribution >= 0.6 is 0 Å². The van der Waals surface area contributed by atoms with Crippen LogP contribution in [0.3, 0.4) is 0 Å². The Morgan fingerprint density at radius 1 is 1.04 bits per heavy atom. The highest BCUT2D eigenvalue weighted by molar-refractivity contribution is 6.14. The summed E-state index contributed by atoms with van der Waals surface area (Å²) in [4.78, 5) is 35.8. The van der Waals surface area contributed by atoms with Crippen molar-refractivity contribution in [2.24, 2.45) is 0 Å². The lowest BCUT2D eigenvalue weighted by Crippen LogP contribution is -2.12. The minimum Gasteiger partial charge on any atom is -0.322 e. The second-order valence-corrected chi connectivity index (χ2v) is 5.68. The van der Waals surface area contributed by atoms with Gasteiger partial charge >= 0.3 is 0 Å². The third kappa shape index (κ3) is 3.19. The van der Waals surface area contributed by atoms with Gasteiger partial charge in [-0.15, -0.1) is 0 Å². The van der Waals surface area contributed by atoms with Gasteiger partial charge in [0.1, 0.15) is 5.82 Å². The molecular formula is C19H15FN2O3. The number of carbonyl (C=O) groups excluding carboxylic acids is 3. The zero-order chi connectivity index (χ0) is 18.1. The summed E-state index contributed by atoms with van der Waals surface area (Å²) in [5, 5.41) is 3.17. The maximum absolute atomic E-state index is 13.5. The molecule has 0 spiro atoms. The molecule has 0 saturated carbocycles. The number of fused-ring (bicyclic) bond motifs is 1. The van der Waals surface area contributed by atoms with Crippen LogP contribution < -0.4 is 5.32 Å². The molecule has 2 aromatic carbocycles. The van der Waals surface area contributed by atoms with Crippen LogP contribution in [-0.4, -0.2) is 22.2 Å². The summed E-state index contributed by atoms with van der Waals surface area (Å²) in [6.45, 7) is 2.78. The predicted molar refractivity (Wildman–Crippen MR) is 92.6 cm³/mol. The summed E-state index contributed by atoms with van der Waals surface area (Å²) in [5.74, 6) is -1.38. The maximum Gasteiger partial charge on any atom is 0.257 e. The minimum atomic E-state index is -0.491. The topological polar surface area (TPSA) is 68.2 Å². The zero-order valence-electron chi connectivity index (χ0n) is 13.7. The summed E-state index contributed by atoms with van der Waals surface area (Å²) in [6.07, 6.45) is 1.39. The fourth-order valence-electron chi connectivity index (χ4n) is 2.66. The van der Waals surface area contributed by atoms with E-state index in [-0.39, 0.29) is 17.3 Å². The molecule has 3 aromatic rings. The molecule has 1 heterocycles. The van der Waals surface area contributed by atoms with Gasteiger partial charge in [-0.25, -0.2) is 4.39 Å². The van der Waals surface area contributed by atoms with Crippen LogP contribution in [0.15, 0.2) is 48.7 Å². The molecule has 3 rings (SSSR count). The van der Waals surface area contributed by atoms with Gasteiger partial charge in [0.2, 0.25) is 5.91 Å². The van der Waals surface area contributed by atoms with Crippen molar-refractivity contribution < 1.29 is 18.8 Å². The predicted octanol–water partition coefficient (Wildman–Crippen LogP) is 3.90. The number of hydrogen-bond acceptors (Lipinski definition) is 3. The molecule has 0 fully saturated rings. The number of ketones is 1. The average molecular weight is 338 g/mol. The van der Waals surface area contributed by atoms with Gasteiger partial charge in [-0.2, -0.15) is 0 Å². The van der Waals surface area contributed by atoms with Crippen molar-refractivity contribution in [3.63, 3.8) is 0 Å². The fourth-order valence-corrected chi connectivity index (χ4v) is 2.66. The van der Waals surface area contributed by atoms with E-state index < -0.39 is 11.7 Å². The Morgan fingerprint density at radius 2 is 1.80 bits per heavy atom. The maximum atomic E-state index is 13.5. The fraction of sp³-hybridized carbons (Fsp3) is 0.105. The van der Waals surface area contributed by atoms with Crippen LogP contribution in [-0.2, 0) is 0 Å². The number of nitrogens with one attached hydrogen (secondary N) is 1. The number of aromatic nitrogens is 1. The first-order chi connectivity index (χ1) is 11.9. The zero-order valence-corrected chi connectivity index (χ0v) is 13.7. The normalized spacial score (nSPS) is 10.7. The van der Waals surface area contributed by atoms with E-state index in [1.807, 2.05) is 0 Å². The van der Waals surface area contributed by atoms with E-state index in [1.54, 1.807) is 24.3 Å². The van der Waals surface area contributed by atoms with Gasteiger partial charge in [0, 0.05) is 29.8 Å². The lowest BCUT2D eigenvalue weighted by atomic mass is 10.1. The smallest absolute Gasteiger partial charge is 0.257 e. The molecule has 0 aliphatic carbocycles. The second kappa shape index (κ2) is 6.32. The highest BCUT2D eigenvalue weighted by atomic mass is 19.1. The van der Waals surface area contributed by atoms with E-state index in [2.05, 4.69) is 5.32 Å². The molecule has 1 aromatic heterocycles. The Bertz CT molecular complexity index is 1020. The number of hydrogen-bond donors (Lipinski definition) is 1. The molecule has 0 bridgehead atoms. The molecular weight excluding hydrogens is 323 g/mol. The number of anilines is 1. The average Bonchev–Trinajstić information content (AvgIpc) is 2.94. The Hall–Kier alpha value is -3.28. The van der Waals surface area contributed by atoms with E-state index in [0.717, 1.165) is 0 Å². The minimum absolute atomic E-state index is 0.111. The van der Waals surface area contributed by atoms with Crippen molar-refractivity contribution in [1.29, 1.82) is 0 Å². The first-order valence-electron chi connectivity index (χ1n) is 7.60. The number of rotatable bonds is 3. The SMILES string of the molecule is CC(=O)c1cccc(NC(=O)c2cn(C(C)=O)c3cc(F)ccc23)c1. The number of nitrogens with zero attached hydrogens (tertiary/aromatic N) is 1. The molecule has 0 aliphatic heterocycles. The van der Waals surface area contributed by atoms with Crippen molar-refractivity contribution >= 4 is 34.2 Å².